The fourth-order valence-electron chi connectivity index (χ4n) is 3.10. The molecule has 2 N–H and O–H groups in total. The van der Waals surface area contributed by atoms with Crippen LogP contribution in [0.3, 0.4) is 0 Å². The highest BCUT2D eigenvalue weighted by Crippen LogP contribution is 2.21. The molecule has 0 saturated carbocycles. The average molecular weight is 399 g/mol. The van der Waals surface area contributed by atoms with Crippen molar-refractivity contribution < 1.29 is 4.79 Å². The van der Waals surface area contributed by atoms with E-state index in [1.165, 1.54) is 11.8 Å². The maximum absolute atomic E-state index is 12.9. The quantitative estimate of drug-likeness (QED) is 0.462. The molecule has 0 aliphatic carbocycles. The number of rotatable bonds is 7. The Balaban J connectivity index is 1.80. The number of nitrogens with zero attached hydrogens (tertiary/aromatic N) is 2. The third-order valence-electron chi connectivity index (χ3n) is 4.56. The van der Waals surface area contributed by atoms with Gasteiger partial charge in [-0.1, -0.05) is 42.8 Å². The number of carbonyl (C=O) groups excluding carboxylic acids is 1. The van der Waals surface area contributed by atoms with Gasteiger partial charge in [0, 0.05) is 17.9 Å². The van der Waals surface area contributed by atoms with Gasteiger partial charge in [0.05, 0.1) is 11.3 Å². The van der Waals surface area contributed by atoms with Gasteiger partial charge < -0.3 is 10.3 Å². The number of hydrogen-bond donors (Lipinski definition) is 2. The Labute approximate surface area is 168 Å². The third-order valence-corrected chi connectivity index (χ3v) is 5.54. The Hall–Kier alpha value is -2.54. The summed E-state index contributed by atoms with van der Waals surface area (Å²) in [7, 11) is 0. The predicted molar refractivity (Wildman–Crippen MR) is 115 cm³/mol. The monoisotopic (exact) mass is 398 g/mol. The number of fused-ring (bicyclic) bond motifs is 1. The fraction of sp³-hybridized carbons (Fsp3) is 0.381. The molecule has 0 aliphatic rings. The predicted octanol–water partition coefficient (Wildman–Crippen LogP) is 4.18. The Kier molecular flexibility index (Phi) is 6.24. The number of anilines is 1. The molecular weight excluding hydrogens is 372 g/mol. The molecule has 3 rings (SSSR count). The first-order valence-corrected chi connectivity index (χ1v) is 10.5. The van der Waals surface area contributed by atoms with Gasteiger partial charge in [0.25, 0.3) is 5.56 Å². The zero-order valence-electron chi connectivity index (χ0n) is 16.8. The summed E-state index contributed by atoms with van der Waals surface area (Å²) in [5, 5.41) is 3.53. The molecule has 148 valence electrons. The molecule has 6 nitrogen and oxygen atoms in total. The van der Waals surface area contributed by atoms with Gasteiger partial charge in [0.15, 0.2) is 5.16 Å². The van der Waals surface area contributed by atoms with E-state index >= 15 is 0 Å². The highest BCUT2D eigenvalue weighted by Gasteiger charge is 2.15. The van der Waals surface area contributed by atoms with Crippen molar-refractivity contribution in [1.29, 1.82) is 0 Å². The number of nitrogens with one attached hydrogen (secondary N) is 2. The number of aryl methyl sites for hydroxylation is 3. The minimum atomic E-state index is -0.112. The van der Waals surface area contributed by atoms with Crippen LogP contribution in [-0.4, -0.2) is 26.2 Å². The second kappa shape index (κ2) is 8.65. The van der Waals surface area contributed by atoms with Gasteiger partial charge in [-0.3, -0.25) is 14.2 Å². The second-order valence-electron chi connectivity index (χ2n) is 7.07. The Morgan fingerprint density at radius 3 is 2.75 bits per heavy atom. The molecular formula is C21H26N4O2S. The molecule has 0 atom stereocenters. The first-order valence-electron chi connectivity index (χ1n) is 9.49. The van der Waals surface area contributed by atoms with Crippen molar-refractivity contribution in [1.82, 2.24) is 14.5 Å². The summed E-state index contributed by atoms with van der Waals surface area (Å²) in [5.74, 6) is 0.0828. The van der Waals surface area contributed by atoms with E-state index in [0.29, 0.717) is 22.7 Å². The molecule has 1 aromatic carbocycles. The zero-order chi connectivity index (χ0) is 20.3. The van der Waals surface area contributed by atoms with Crippen LogP contribution in [-0.2, 0) is 11.3 Å². The molecule has 7 heteroatoms. The van der Waals surface area contributed by atoms with Crippen LogP contribution in [0.2, 0.25) is 0 Å². The molecule has 0 spiro atoms. The van der Waals surface area contributed by atoms with E-state index in [1.807, 2.05) is 45.0 Å². The number of aromatic amines is 1. The maximum atomic E-state index is 12.9. The van der Waals surface area contributed by atoms with Crippen molar-refractivity contribution in [2.75, 3.05) is 11.1 Å². The summed E-state index contributed by atoms with van der Waals surface area (Å²) < 4.78 is 1.68. The lowest BCUT2D eigenvalue weighted by Gasteiger charge is -2.12. The van der Waals surface area contributed by atoms with Crippen LogP contribution in [0, 0.1) is 20.8 Å². The SMILES string of the molecule is CCCCn1c(SCC(=O)Nc2ccc(C)cc2C)nc2cc(C)[nH]c2c1=O. The van der Waals surface area contributed by atoms with Crippen molar-refractivity contribution >= 4 is 34.4 Å². The number of H-pyrrole nitrogens is 1. The van der Waals surface area contributed by atoms with Crippen LogP contribution in [0.15, 0.2) is 34.2 Å². The summed E-state index contributed by atoms with van der Waals surface area (Å²) in [5.41, 5.74) is 4.99. The fourth-order valence-corrected chi connectivity index (χ4v) is 3.93. The number of unbranched alkanes of at least 4 members (excludes halogenated alkanes) is 1. The highest BCUT2D eigenvalue weighted by molar-refractivity contribution is 7.99. The van der Waals surface area contributed by atoms with Crippen LogP contribution in [0.1, 0.15) is 36.6 Å². The number of hydrogen-bond acceptors (Lipinski definition) is 4. The van der Waals surface area contributed by atoms with Crippen LogP contribution in [0.4, 0.5) is 5.69 Å². The molecule has 1 amide bonds. The van der Waals surface area contributed by atoms with Gasteiger partial charge in [-0.15, -0.1) is 0 Å². The number of carbonyl (C=O) groups is 1. The van der Waals surface area contributed by atoms with Gasteiger partial charge in [-0.05, 0) is 44.9 Å². The van der Waals surface area contributed by atoms with E-state index in [9.17, 15) is 9.59 Å². The Morgan fingerprint density at radius 1 is 1.25 bits per heavy atom. The van der Waals surface area contributed by atoms with E-state index < -0.39 is 0 Å². The molecule has 0 saturated heterocycles. The van der Waals surface area contributed by atoms with Gasteiger partial charge in [0.1, 0.15) is 5.52 Å². The maximum Gasteiger partial charge on any atom is 0.278 e. The standard InChI is InChI=1S/C21H26N4O2S/c1-5-6-9-25-20(27)19-17(11-15(4)22-19)24-21(25)28-12-18(26)23-16-8-7-13(2)10-14(16)3/h7-8,10-11,22H,5-6,9,12H2,1-4H3,(H,23,26). The normalized spacial score (nSPS) is 11.1. The first-order chi connectivity index (χ1) is 13.4. The van der Waals surface area contributed by atoms with Crippen LogP contribution in [0.5, 0.6) is 0 Å². The van der Waals surface area contributed by atoms with E-state index in [-0.39, 0.29) is 17.2 Å². The summed E-state index contributed by atoms with van der Waals surface area (Å²) in [4.78, 5) is 33.0. The number of thioether (sulfide) groups is 1. The highest BCUT2D eigenvalue weighted by atomic mass is 32.2. The van der Waals surface area contributed by atoms with Gasteiger partial charge in [0.2, 0.25) is 5.91 Å². The summed E-state index contributed by atoms with van der Waals surface area (Å²) in [6.45, 7) is 8.58. The summed E-state index contributed by atoms with van der Waals surface area (Å²) >= 11 is 1.30. The summed E-state index contributed by atoms with van der Waals surface area (Å²) in [6, 6.07) is 7.79. The second-order valence-corrected chi connectivity index (χ2v) is 8.02. The lowest BCUT2D eigenvalue weighted by atomic mass is 10.1. The van der Waals surface area contributed by atoms with Crippen LogP contribution in [0.25, 0.3) is 11.0 Å². The number of benzene rings is 1. The molecule has 0 bridgehead atoms. The van der Waals surface area contributed by atoms with Gasteiger partial charge in [-0.2, -0.15) is 0 Å². The smallest absolute Gasteiger partial charge is 0.278 e. The van der Waals surface area contributed by atoms with E-state index in [0.717, 1.165) is 35.3 Å². The lowest BCUT2D eigenvalue weighted by Crippen LogP contribution is -2.24. The molecule has 2 aromatic heterocycles. The lowest BCUT2D eigenvalue weighted by molar-refractivity contribution is -0.113. The Morgan fingerprint density at radius 2 is 2.04 bits per heavy atom. The molecule has 2 heterocycles. The molecule has 0 radical (unpaired) electrons. The van der Waals surface area contributed by atoms with Crippen molar-refractivity contribution in [2.45, 2.75) is 52.2 Å². The van der Waals surface area contributed by atoms with E-state index in [4.69, 9.17) is 0 Å². The van der Waals surface area contributed by atoms with Gasteiger partial charge >= 0.3 is 0 Å². The molecule has 0 unspecified atom stereocenters. The average Bonchev–Trinajstić information content (AvgIpc) is 3.02. The minimum Gasteiger partial charge on any atom is -0.353 e. The third kappa shape index (κ3) is 4.47. The van der Waals surface area contributed by atoms with Crippen LogP contribution < -0.4 is 10.9 Å². The van der Waals surface area contributed by atoms with Crippen molar-refractivity contribution in [3.8, 4) is 0 Å². The number of amides is 1. The van der Waals surface area contributed by atoms with Crippen molar-refractivity contribution in [3.63, 3.8) is 0 Å². The largest absolute Gasteiger partial charge is 0.353 e. The topological polar surface area (TPSA) is 79.8 Å². The summed E-state index contributed by atoms with van der Waals surface area (Å²) in [6.07, 6.45) is 1.86. The van der Waals surface area contributed by atoms with Crippen molar-refractivity contribution in [3.05, 3.63) is 51.4 Å². The van der Waals surface area contributed by atoms with E-state index in [1.54, 1.807) is 4.57 Å². The molecule has 3 aromatic rings. The van der Waals surface area contributed by atoms with Gasteiger partial charge in [-0.25, -0.2) is 4.98 Å². The first kappa shape index (κ1) is 20.2. The minimum absolute atomic E-state index is 0.0798. The van der Waals surface area contributed by atoms with E-state index in [2.05, 4.69) is 22.2 Å². The Bertz CT molecular complexity index is 1070. The zero-order valence-corrected chi connectivity index (χ0v) is 17.6. The molecule has 0 aliphatic heterocycles. The number of aromatic nitrogens is 3. The molecule has 0 fully saturated rings. The van der Waals surface area contributed by atoms with Crippen LogP contribution >= 0.6 is 11.8 Å². The van der Waals surface area contributed by atoms with Crippen molar-refractivity contribution in [2.24, 2.45) is 0 Å². The molecule has 28 heavy (non-hydrogen) atoms.